The molecule has 1 aromatic rings. The van der Waals surface area contributed by atoms with E-state index < -0.39 is 6.04 Å². The van der Waals surface area contributed by atoms with Crippen LogP contribution in [0.4, 0.5) is 5.69 Å². The van der Waals surface area contributed by atoms with Gasteiger partial charge in [0.15, 0.2) is 0 Å². The quantitative estimate of drug-likeness (QED) is 0.867. The highest BCUT2D eigenvalue weighted by Gasteiger charge is 2.34. The van der Waals surface area contributed by atoms with Gasteiger partial charge in [0.05, 0.1) is 11.9 Å². The van der Waals surface area contributed by atoms with Crippen LogP contribution in [0.25, 0.3) is 0 Å². The van der Waals surface area contributed by atoms with E-state index in [1.165, 1.54) is 6.20 Å². The molecule has 1 N–H and O–H groups in total. The average molecular weight is 296 g/mol. The first-order valence-electron chi connectivity index (χ1n) is 6.71. The van der Waals surface area contributed by atoms with Gasteiger partial charge in [-0.25, -0.2) is 4.98 Å². The highest BCUT2D eigenvalue weighted by molar-refractivity contribution is 6.29. The lowest BCUT2D eigenvalue weighted by molar-refractivity contribution is -0.136. The molecule has 2 heterocycles. The molecule has 20 heavy (non-hydrogen) atoms. The van der Waals surface area contributed by atoms with E-state index in [0.717, 1.165) is 6.42 Å². The van der Waals surface area contributed by atoms with E-state index in [1.54, 1.807) is 17.0 Å². The summed E-state index contributed by atoms with van der Waals surface area (Å²) in [5.41, 5.74) is 0.580. The van der Waals surface area contributed by atoms with E-state index in [-0.39, 0.29) is 17.7 Å². The van der Waals surface area contributed by atoms with Gasteiger partial charge >= 0.3 is 0 Å². The average Bonchev–Trinajstić information content (AvgIpc) is 2.78. The summed E-state index contributed by atoms with van der Waals surface area (Å²) in [5, 5.41) is 3.17. The number of halogens is 1. The Labute approximate surface area is 123 Å². The normalized spacial score (nSPS) is 16.6. The molecule has 0 saturated carbocycles. The van der Waals surface area contributed by atoms with Crippen molar-refractivity contribution in [3.8, 4) is 0 Å². The fourth-order valence-corrected chi connectivity index (χ4v) is 2.55. The standard InChI is InChI=1S/C14H18ClN3O2/c1-9(2)13(18-7-3-4-12(18)19)14(20)17-10-5-6-11(15)16-8-10/h5-6,8-9,13H,3-4,7H2,1-2H3,(H,17,20)/t13-/m1/s1. The molecule has 1 saturated heterocycles. The van der Waals surface area contributed by atoms with Crippen LogP contribution in [0.15, 0.2) is 18.3 Å². The third-order valence-electron chi connectivity index (χ3n) is 3.34. The summed E-state index contributed by atoms with van der Waals surface area (Å²) >= 11 is 5.71. The third-order valence-corrected chi connectivity index (χ3v) is 3.56. The topological polar surface area (TPSA) is 62.3 Å². The number of hydrogen-bond acceptors (Lipinski definition) is 3. The summed E-state index contributed by atoms with van der Waals surface area (Å²) in [6.45, 7) is 4.53. The second-order valence-electron chi connectivity index (χ2n) is 5.24. The molecule has 2 amide bonds. The summed E-state index contributed by atoms with van der Waals surface area (Å²) in [6, 6.07) is 2.86. The van der Waals surface area contributed by atoms with Crippen LogP contribution in [0.3, 0.4) is 0 Å². The lowest BCUT2D eigenvalue weighted by Crippen LogP contribution is -2.47. The van der Waals surface area contributed by atoms with Gasteiger partial charge in [-0.05, 0) is 24.5 Å². The highest BCUT2D eigenvalue weighted by atomic mass is 35.5. The van der Waals surface area contributed by atoms with E-state index in [0.29, 0.717) is 23.8 Å². The van der Waals surface area contributed by atoms with E-state index in [1.807, 2.05) is 13.8 Å². The van der Waals surface area contributed by atoms with Gasteiger partial charge in [0.1, 0.15) is 11.2 Å². The van der Waals surface area contributed by atoms with Crippen LogP contribution in [-0.2, 0) is 9.59 Å². The maximum atomic E-state index is 12.4. The minimum absolute atomic E-state index is 0.0491. The Morgan fingerprint density at radius 1 is 1.45 bits per heavy atom. The molecule has 6 heteroatoms. The Morgan fingerprint density at radius 3 is 2.70 bits per heavy atom. The van der Waals surface area contributed by atoms with Gasteiger partial charge in [-0.2, -0.15) is 0 Å². The van der Waals surface area contributed by atoms with Crippen molar-refractivity contribution < 1.29 is 9.59 Å². The maximum Gasteiger partial charge on any atom is 0.247 e. The lowest BCUT2D eigenvalue weighted by Gasteiger charge is -2.29. The molecule has 2 rings (SSSR count). The Hall–Kier alpha value is -1.62. The first-order valence-corrected chi connectivity index (χ1v) is 7.08. The van der Waals surface area contributed by atoms with Crippen LogP contribution >= 0.6 is 11.6 Å². The van der Waals surface area contributed by atoms with Gasteiger partial charge in [0.25, 0.3) is 0 Å². The third kappa shape index (κ3) is 3.28. The van der Waals surface area contributed by atoms with E-state index in [9.17, 15) is 9.59 Å². The molecule has 1 aromatic heterocycles. The van der Waals surface area contributed by atoms with Gasteiger partial charge in [0, 0.05) is 13.0 Å². The number of nitrogens with one attached hydrogen (secondary N) is 1. The van der Waals surface area contributed by atoms with Crippen molar-refractivity contribution in [1.29, 1.82) is 0 Å². The Bertz CT molecular complexity index is 502. The zero-order valence-electron chi connectivity index (χ0n) is 11.6. The molecule has 1 atom stereocenters. The van der Waals surface area contributed by atoms with Crippen molar-refractivity contribution in [1.82, 2.24) is 9.88 Å². The van der Waals surface area contributed by atoms with Crippen molar-refractivity contribution in [2.75, 3.05) is 11.9 Å². The zero-order chi connectivity index (χ0) is 14.7. The number of pyridine rings is 1. The molecule has 0 aliphatic carbocycles. The fraction of sp³-hybridized carbons (Fsp3) is 0.500. The summed E-state index contributed by atoms with van der Waals surface area (Å²) in [4.78, 5) is 29.8. The van der Waals surface area contributed by atoms with Crippen LogP contribution in [0.2, 0.25) is 5.15 Å². The van der Waals surface area contributed by atoms with E-state index in [4.69, 9.17) is 11.6 Å². The second kappa shape index (κ2) is 6.22. The summed E-state index contributed by atoms with van der Waals surface area (Å²) in [7, 11) is 0. The van der Waals surface area contributed by atoms with Gasteiger partial charge in [-0.15, -0.1) is 0 Å². The molecule has 5 nitrogen and oxygen atoms in total. The van der Waals surface area contributed by atoms with Crippen LogP contribution in [-0.4, -0.2) is 34.3 Å². The van der Waals surface area contributed by atoms with Crippen molar-refractivity contribution >= 4 is 29.1 Å². The summed E-state index contributed by atoms with van der Waals surface area (Å²) in [5.74, 6) is -0.0789. The molecular formula is C14H18ClN3O2. The molecule has 1 aliphatic heterocycles. The van der Waals surface area contributed by atoms with Crippen LogP contribution in [0.1, 0.15) is 26.7 Å². The minimum Gasteiger partial charge on any atom is -0.330 e. The van der Waals surface area contributed by atoms with Gasteiger partial charge in [-0.1, -0.05) is 25.4 Å². The molecular weight excluding hydrogens is 278 g/mol. The molecule has 0 aromatic carbocycles. The Morgan fingerprint density at radius 2 is 2.20 bits per heavy atom. The highest BCUT2D eigenvalue weighted by Crippen LogP contribution is 2.21. The SMILES string of the molecule is CC(C)[C@H](C(=O)Nc1ccc(Cl)nc1)N1CCCC1=O. The lowest BCUT2D eigenvalue weighted by atomic mass is 10.0. The fourth-order valence-electron chi connectivity index (χ4n) is 2.43. The number of hydrogen-bond donors (Lipinski definition) is 1. The molecule has 0 radical (unpaired) electrons. The largest absolute Gasteiger partial charge is 0.330 e. The Kier molecular flexibility index (Phi) is 4.60. The molecule has 108 valence electrons. The van der Waals surface area contributed by atoms with E-state index in [2.05, 4.69) is 10.3 Å². The van der Waals surface area contributed by atoms with Gasteiger partial charge in [0.2, 0.25) is 11.8 Å². The zero-order valence-corrected chi connectivity index (χ0v) is 12.4. The van der Waals surface area contributed by atoms with Crippen LogP contribution in [0.5, 0.6) is 0 Å². The summed E-state index contributed by atoms with van der Waals surface area (Å²) < 4.78 is 0. The minimum atomic E-state index is -0.444. The van der Waals surface area contributed by atoms with E-state index >= 15 is 0 Å². The number of carbonyl (C=O) groups excluding carboxylic acids is 2. The van der Waals surface area contributed by atoms with Gasteiger partial charge < -0.3 is 10.2 Å². The first kappa shape index (κ1) is 14.8. The molecule has 1 aliphatic rings. The van der Waals surface area contributed by atoms with Crippen molar-refractivity contribution in [3.63, 3.8) is 0 Å². The summed E-state index contributed by atoms with van der Waals surface area (Å²) in [6.07, 6.45) is 2.85. The predicted molar refractivity (Wildman–Crippen MR) is 77.4 cm³/mol. The van der Waals surface area contributed by atoms with Crippen LogP contribution < -0.4 is 5.32 Å². The Balaban J connectivity index is 2.11. The predicted octanol–water partition coefficient (Wildman–Crippen LogP) is 2.32. The maximum absolute atomic E-state index is 12.4. The smallest absolute Gasteiger partial charge is 0.247 e. The van der Waals surface area contributed by atoms with Gasteiger partial charge in [-0.3, -0.25) is 9.59 Å². The van der Waals surface area contributed by atoms with Crippen molar-refractivity contribution in [2.45, 2.75) is 32.7 Å². The number of likely N-dealkylation sites (tertiary alicyclic amines) is 1. The first-order chi connectivity index (χ1) is 9.49. The number of amides is 2. The number of anilines is 1. The molecule has 1 fully saturated rings. The number of rotatable bonds is 4. The number of carbonyl (C=O) groups is 2. The second-order valence-corrected chi connectivity index (χ2v) is 5.63. The monoisotopic (exact) mass is 295 g/mol. The molecule has 0 bridgehead atoms. The molecule has 0 unspecified atom stereocenters. The molecule has 0 spiro atoms. The van der Waals surface area contributed by atoms with Crippen LogP contribution in [0, 0.1) is 5.92 Å². The van der Waals surface area contributed by atoms with Crippen molar-refractivity contribution in [3.05, 3.63) is 23.5 Å². The number of aromatic nitrogens is 1. The van der Waals surface area contributed by atoms with Crippen molar-refractivity contribution in [2.24, 2.45) is 5.92 Å². The number of nitrogens with zero attached hydrogens (tertiary/aromatic N) is 2.